The van der Waals surface area contributed by atoms with Gasteiger partial charge in [-0.2, -0.15) is 5.10 Å². The van der Waals surface area contributed by atoms with Crippen LogP contribution >= 0.6 is 0 Å². The maximum Gasteiger partial charge on any atom is 0.276 e. The molecule has 0 aliphatic carbocycles. The average Bonchev–Trinajstić information content (AvgIpc) is 3.24. The molecule has 6 nitrogen and oxygen atoms in total. The maximum absolute atomic E-state index is 13.1. The van der Waals surface area contributed by atoms with Crippen molar-refractivity contribution in [2.75, 3.05) is 7.11 Å². The van der Waals surface area contributed by atoms with Crippen LogP contribution in [0.5, 0.6) is 5.75 Å². The van der Waals surface area contributed by atoms with Gasteiger partial charge in [-0.25, -0.2) is 4.68 Å². The van der Waals surface area contributed by atoms with Crippen LogP contribution in [0.2, 0.25) is 0 Å². The largest absolute Gasteiger partial charge is 0.493 e. The van der Waals surface area contributed by atoms with Crippen LogP contribution in [0.1, 0.15) is 27.8 Å². The van der Waals surface area contributed by atoms with Gasteiger partial charge >= 0.3 is 0 Å². The fraction of sp³-hybridized carbons (Fsp3) is 0.0870. The second-order valence-corrected chi connectivity index (χ2v) is 6.40. The molecular weight excluding hydrogens is 364 g/mol. The Morgan fingerprint density at radius 3 is 2.31 bits per heavy atom. The lowest BCUT2D eigenvalue weighted by Crippen LogP contribution is -2.30. The minimum Gasteiger partial charge on any atom is -0.493 e. The van der Waals surface area contributed by atoms with E-state index in [1.165, 1.54) is 7.11 Å². The van der Waals surface area contributed by atoms with Crippen molar-refractivity contribution >= 4 is 5.91 Å². The highest BCUT2D eigenvalue weighted by molar-refractivity contribution is 5.95. The Morgan fingerprint density at radius 2 is 1.66 bits per heavy atom. The molecule has 4 rings (SSSR count). The highest BCUT2D eigenvalue weighted by atomic mass is 16.5. The van der Waals surface area contributed by atoms with E-state index in [0.717, 1.165) is 16.9 Å². The van der Waals surface area contributed by atoms with Crippen molar-refractivity contribution in [3.63, 3.8) is 0 Å². The van der Waals surface area contributed by atoms with E-state index in [2.05, 4.69) is 15.4 Å². The number of rotatable bonds is 6. The van der Waals surface area contributed by atoms with Gasteiger partial charge in [-0.3, -0.25) is 9.78 Å². The number of nitrogens with one attached hydrogen (secondary N) is 1. The molecule has 0 bridgehead atoms. The molecule has 2 aromatic carbocycles. The van der Waals surface area contributed by atoms with Gasteiger partial charge in [0.25, 0.3) is 5.91 Å². The van der Waals surface area contributed by atoms with Gasteiger partial charge < -0.3 is 10.1 Å². The first-order valence-corrected chi connectivity index (χ1v) is 9.22. The van der Waals surface area contributed by atoms with Crippen molar-refractivity contribution in [2.24, 2.45) is 0 Å². The van der Waals surface area contributed by atoms with Crippen LogP contribution in [0.4, 0.5) is 0 Å². The SMILES string of the molecule is COc1cn(-c2ccccc2)nc1C(=O)NC(c1ccccc1)c1ccccn1. The quantitative estimate of drug-likeness (QED) is 0.549. The highest BCUT2D eigenvalue weighted by Crippen LogP contribution is 2.23. The topological polar surface area (TPSA) is 69.0 Å². The van der Waals surface area contributed by atoms with Crippen molar-refractivity contribution < 1.29 is 9.53 Å². The second-order valence-electron chi connectivity index (χ2n) is 6.40. The van der Waals surface area contributed by atoms with Crippen LogP contribution in [-0.2, 0) is 0 Å². The number of hydrogen-bond donors (Lipinski definition) is 1. The van der Waals surface area contributed by atoms with Crippen molar-refractivity contribution in [1.82, 2.24) is 20.1 Å². The molecule has 0 fully saturated rings. The van der Waals surface area contributed by atoms with Crippen LogP contribution in [-0.4, -0.2) is 27.8 Å². The van der Waals surface area contributed by atoms with Crippen LogP contribution in [0.3, 0.4) is 0 Å². The van der Waals surface area contributed by atoms with Gasteiger partial charge in [0, 0.05) is 6.20 Å². The number of para-hydroxylation sites is 1. The Labute approximate surface area is 168 Å². The summed E-state index contributed by atoms with van der Waals surface area (Å²) in [5.41, 5.74) is 2.73. The Balaban J connectivity index is 1.67. The summed E-state index contributed by atoms with van der Waals surface area (Å²) in [6, 6.07) is 24.5. The van der Waals surface area contributed by atoms with Crippen LogP contribution in [0, 0.1) is 0 Å². The minimum absolute atomic E-state index is 0.216. The van der Waals surface area contributed by atoms with Crippen LogP contribution in [0.25, 0.3) is 5.69 Å². The summed E-state index contributed by atoms with van der Waals surface area (Å²) in [6.07, 6.45) is 3.41. The fourth-order valence-electron chi connectivity index (χ4n) is 3.10. The molecular formula is C23H20N4O2. The van der Waals surface area contributed by atoms with E-state index in [1.807, 2.05) is 78.9 Å². The van der Waals surface area contributed by atoms with E-state index in [4.69, 9.17) is 4.74 Å². The molecule has 2 heterocycles. The summed E-state index contributed by atoms with van der Waals surface area (Å²) in [7, 11) is 1.52. The summed E-state index contributed by atoms with van der Waals surface area (Å²) in [4.78, 5) is 17.6. The zero-order chi connectivity index (χ0) is 20.1. The first-order valence-electron chi connectivity index (χ1n) is 9.22. The molecule has 0 radical (unpaired) electrons. The van der Waals surface area contributed by atoms with E-state index >= 15 is 0 Å². The second kappa shape index (κ2) is 8.39. The standard InChI is InChI=1S/C23H20N4O2/c1-29-20-16-27(18-12-6-3-7-13-18)26-22(20)23(28)25-21(17-10-4-2-5-11-17)19-14-8-9-15-24-19/h2-16,21H,1H3,(H,25,28). The molecule has 1 unspecified atom stereocenters. The highest BCUT2D eigenvalue weighted by Gasteiger charge is 2.24. The van der Waals surface area contributed by atoms with E-state index < -0.39 is 6.04 Å². The molecule has 0 aliphatic heterocycles. The molecule has 0 aliphatic rings. The molecule has 1 N–H and O–H groups in total. The van der Waals surface area contributed by atoms with Gasteiger partial charge in [0.1, 0.15) is 0 Å². The Hall–Kier alpha value is -3.93. The molecule has 4 aromatic rings. The molecule has 2 aromatic heterocycles. The van der Waals surface area contributed by atoms with Gasteiger partial charge in [-0.15, -0.1) is 0 Å². The molecule has 6 heteroatoms. The van der Waals surface area contributed by atoms with Gasteiger partial charge in [0.2, 0.25) is 0 Å². The van der Waals surface area contributed by atoms with E-state index in [9.17, 15) is 4.79 Å². The number of carbonyl (C=O) groups excluding carboxylic acids is 1. The smallest absolute Gasteiger partial charge is 0.276 e. The number of methoxy groups -OCH3 is 1. The van der Waals surface area contributed by atoms with Crippen LogP contribution in [0.15, 0.2) is 91.3 Å². The van der Waals surface area contributed by atoms with Crippen molar-refractivity contribution in [1.29, 1.82) is 0 Å². The summed E-state index contributed by atoms with van der Waals surface area (Å²) >= 11 is 0. The number of pyridine rings is 1. The van der Waals surface area contributed by atoms with E-state index in [1.54, 1.807) is 17.1 Å². The van der Waals surface area contributed by atoms with Gasteiger partial charge in [-0.05, 0) is 29.8 Å². The van der Waals surface area contributed by atoms with Crippen LogP contribution < -0.4 is 10.1 Å². The van der Waals surface area contributed by atoms with Gasteiger partial charge in [0.15, 0.2) is 11.4 Å². The van der Waals surface area contributed by atoms with E-state index in [-0.39, 0.29) is 11.6 Å². The first-order chi connectivity index (χ1) is 14.3. The monoisotopic (exact) mass is 384 g/mol. The number of amides is 1. The number of benzene rings is 2. The zero-order valence-electron chi connectivity index (χ0n) is 15.9. The number of nitrogens with zero attached hydrogens (tertiary/aromatic N) is 3. The molecule has 1 atom stereocenters. The zero-order valence-corrected chi connectivity index (χ0v) is 15.9. The minimum atomic E-state index is -0.406. The molecule has 1 amide bonds. The van der Waals surface area contributed by atoms with Gasteiger partial charge in [-0.1, -0.05) is 54.6 Å². The summed E-state index contributed by atoms with van der Waals surface area (Å²) in [6.45, 7) is 0. The predicted octanol–water partition coefficient (Wildman–Crippen LogP) is 3.80. The van der Waals surface area contributed by atoms with Crippen molar-refractivity contribution in [3.05, 3.63) is 108 Å². The predicted molar refractivity (Wildman–Crippen MR) is 110 cm³/mol. The average molecular weight is 384 g/mol. The molecule has 0 saturated heterocycles. The Morgan fingerprint density at radius 1 is 0.966 bits per heavy atom. The molecule has 0 spiro atoms. The maximum atomic E-state index is 13.1. The third-order valence-corrected chi connectivity index (χ3v) is 4.53. The number of carbonyl (C=O) groups is 1. The Bertz CT molecular complexity index is 1040. The number of ether oxygens (including phenoxy) is 1. The molecule has 29 heavy (non-hydrogen) atoms. The third-order valence-electron chi connectivity index (χ3n) is 4.53. The summed E-state index contributed by atoms with van der Waals surface area (Å²) < 4.78 is 7.03. The Kier molecular flexibility index (Phi) is 5.33. The summed E-state index contributed by atoms with van der Waals surface area (Å²) in [5, 5.41) is 7.50. The first kappa shape index (κ1) is 18.4. The normalized spacial score (nSPS) is 11.6. The van der Waals surface area contributed by atoms with E-state index in [0.29, 0.717) is 5.75 Å². The lowest BCUT2D eigenvalue weighted by Gasteiger charge is -2.18. The lowest BCUT2D eigenvalue weighted by molar-refractivity contribution is 0.0934. The fourth-order valence-corrected chi connectivity index (χ4v) is 3.10. The number of hydrogen-bond acceptors (Lipinski definition) is 4. The lowest BCUT2D eigenvalue weighted by atomic mass is 10.0. The van der Waals surface area contributed by atoms with Gasteiger partial charge in [0.05, 0.1) is 30.7 Å². The number of aromatic nitrogens is 3. The van der Waals surface area contributed by atoms with Crippen molar-refractivity contribution in [3.8, 4) is 11.4 Å². The molecule has 0 saturated carbocycles. The summed E-state index contributed by atoms with van der Waals surface area (Å²) in [5.74, 6) is 0.0650. The molecule has 144 valence electrons. The third kappa shape index (κ3) is 4.01. The van der Waals surface area contributed by atoms with Crippen molar-refractivity contribution in [2.45, 2.75) is 6.04 Å².